The number of likely N-dealkylation sites (N-methyl/N-ethyl adjacent to an activating group) is 1. The van der Waals surface area contributed by atoms with E-state index in [0.29, 0.717) is 19.1 Å². The molecule has 0 radical (unpaired) electrons. The maximum atomic E-state index is 12.0. The number of carbonyl (C=O) groups is 1. The number of carbonyl (C=O) groups excluding carboxylic acids is 1. The topological polar surface area (TPSA) is 49.6 Å². The predicted molar refractivity (Wildman–Crippen MR) is 75.4 cm³/mol. The summed E-state index contributed by atoms with van der Waals surface area (Å²) in [5, 5.41) is 0. The molecule has 0 unspecified atom stereocenters. The number of amides is 1. The molecule has 1 rings (SSSR count). The van der Waals surface area contributed by atoms with Gasteiger partial charge in [-0.1, -0.05) is 19.3 Å². The van der Waals surface area contributed by atoms with E-state index < -0.39 is 0 Å². The zero-order valence-electron chi connectivity index (χ0n) is 12.0. The van der Waals surface area contributed by atoms with Gasteiger partial charge in [-0.05, 0) is 32.7 Å². The van der Waals surface area contributed by atoms with Gasteiger partial charge in [-0.25, -0.2) is 0 Å². The van der Waals surface area contributed by atoms with Crippen LogP contribution in [-0.4, -0.2) is 55.0 Å². The minimum atomic E-state index is 0.236. The molecule has 2 N–H and O–H groups in total. The second-order valence-electron chi connectivity index (χ2n) is 5.31. The minimum Gasteiger partial charge on any atom is -0.345 e. The van der Waals surface area contributed by atoms with Crippen molar-refractivity contribution in [3.05, 3.63) is 0 Å². The van der Waals surface area contributed by atoms with Crippen molar-refractivity contribution < 1.29 is 4.79 Å². The Labute approximate surface area is 111 Å². The molecule has 0 spiro atoms. The Kier molecular flexibility index (Phi) is 7.28. The van der Waals surface area contributed by atoms with Crippen molar-refractivity contribution in [2.45, 2.75) is 51.5 Å². The third-order valence-corrected chi connectivity index (χ3v) is 3.98. The van der Waals surface area contributed by atoms with E-state index in [-0.39, 0.29) is 5.91 Å². The lowest BCUT2D eigenvalue weighted by atomic mass is 9.94. The van der Waals surface area contributed by atoms with E-state index in [1.165, 1.54) is 32.1 Å². The molecule has 0 saturated heterocycles. The van der Waals surface area contributed by atoms with Gasteiger partial charge in [0, 0.05) is 26.2 Å². The molecular formula is C14H29N3O. The molecule has 0 heterocycles. The third kappa shape index (κ3) is 4.94. The average molecular weight is 255 g/mol. The van der Waals surface area contributed by atoms with Crippen LogP contribution >= 0.6 is 0 Å². The summed E-state index contributed by atoms with van der Waals surface area (Å²) in [7, 11) is 1.88. The Bertz CT molecular complexity index is 239. The molecule has 18 heavy (non-hydrogen) atoms. The van der Waals surface area contributed by atoms with Gasteiger partial charge in [0.2, 0.25) is 5.91 Å². The zero-order valence-corrected chi connectivity index (χ0v) is 12.0. The maximum absolute atomic E-state index is 12.0. The van der Waals surface area contributed by atoms with Crippen molar-refractivity contribution in [1.29, 1.82) is 0 Å². The van der Waals surface area contributed by atoms with Crippen LogP contribution in [0.2, 0.25) is 0 Å². The lowest BCUT2D eigenvalue weighted by Gasteiger charge is -2.34. The van der Waals surface area contributed by atoms with Crippen LogP contribution in [0.4, 0.5) is 0 Å². The van der Waals surface area contributed by atoms with E-state index in [9.17, 15) is 4.79 Å². The highest BCUT2D eigenvalue weighted by molar-refractivity contribution is 5.77. The molecule has 1 aliphatic carbocycles. The van der Waals surface area contributed by atoms with Gasteiger partial charge in [0.05, 0.1) is 6.54 Å². The summed E-state index contributed by atoms with van der Waals surface area (Å²) in [6, 6.07) is 0.597. The molecule has 0 aromatic carbocycles. The first-order valence-electron chi connectivity index (χ1n) is 7.37. The minimum absolute atomic E-state index is 0.236. The molecule has 106 valence electrons. The van der Waals surface area contributed by atoms with E-state index in [2.05, 4.69) is 4.90 Å². The molecule has 4 heteroatoms. The predicted octanol–water partition coefficient (Wildman–Crippen LogP) is 1.45. The number of nitrogens with two attached hydrogens (primary N) is 1. The van der Waals surface area contributed by atoms with Gasteiger partial charge in [0.15, 0.2) is 0 Å². The van der Waals surface area contributed by atoms with E-state index in [1.54, 1.807) is 4.90 Å². The summed E-state index contributed by atoms with van der Waals surface area (Å²) < 4.78 is 0. The fraction of sp³-hybridized carbons (Fsp3) is 0.929. The number of nitrogens with zero attached hydrogens (tertiary/aromatic N) is 2. The van der Waals surface area contributed by atoms with Gasteiger partial charge in [0.1, 0.15) is 0 Å². The molecule has 1 aliphatic rings. The van der Waals surface area contributed by atoms with Gasteiger partial charge in [-0.15, -0.1) is 0 Å². The van der Waals surface area contributed by atoms with Crippen molar-refractivity contribution in [2.75, 3.05) is 33.2 Å². The largest absolute Gasteiger partial charge is 0.345 e. The number of hydrogen-bond acceptors (Lipinski definition) is 3. The number of rotatable bonds is 7. The summed E-state index contributed by atoms with van der Waals surface area (Å²) in [5.41, 5.74) is 5.60. The van der Waals surface area contributed by atoms with Crippen LogP contribution in [0.3, 0.4) is 0 Å². The maximum Gasteiger partial charge on any atom is 0.236 e. The highest BCUT2D eigenvalue weighted by Crippen LogP contribution is 2.22. The first-order valence-corrected chi connectivity index (χ1v) is 7.37. The Morgan fingerprint density at radius 1 is 1.28 bits per heavy atom. The fourth-order valence-corrected chi connectivity index (χ4v) is 2.60. The van der Waals surface area contributed by atoms with Crippen LogP contribution in [0, 0.1) is 0 Å². The van der Waals surface area contributed by atoms with E-state index in [4.69, 9.17) is 5.73 Å². The normalized spacial score (nSPS) is 17.1. The van der Waals surface area contributed by atoms with Crippen LogP contribution in [-0.2, 0) is 4.79 Å². The average Bonchev–Trinajstić information content (AvgIpc) is 2.43. The second kappa shape index (κ2) is 8.48. The molecule has 0 atom stereocenters. The summed E-state index contributed by atoms with van der Waals surface area (Å²) >= 11 is 0. The van der Waals surface area contributed by atoms with Gasteiger partial charge >= 0.3 is 0 Å². The van der Waals surface area contributed by atoms with Crippen LogP contribution in [0.25, 0.3) is 0 Å². The SMILES string of the molecule is CCN(C)C(=O)CN(CCCN)C1CCCCC1. The standard InChI is InChI=1S/C14H29N3O/c1-3-16(2)14(18)12-17(11-7-10-15)13-8-5-4-6-9-13/h13H,3-12,15H2,1-2H3. The Morgan fingerprint density at radius 2 is 1.94 bits per heavy atom. The lowest BCUT2D eigenvalue weighted by Crippen LogP contribution is -2.45. The van der Waals surface area contributed by atoms with Crippen molar-refractivity contribution in [1.82, 2.24) is 9.80 Å². The molecule has 4 nitrogen and oxygen atoms in total. The molecule has 0 aromatic heterocycles. The molecule has 1 fully saturated rings. The molecule has 1 saturated carbocycles. The molecule has 0 aliphatic heterocycles. The Hall–Kier alpha value is -0.610. The summed E-state index contributed by atoms with van der Waals surface area (Å²) in [6.45, 7) is 5.04. The summed E-state index contributed by atoms with van der Waals surface area (Å²) in [4.78, 5) is 16.2. The summed E-state index contributed by atoms with van der Waals surface area (Å²) in [5.74, 6) is 0.236. The lowest BCUT2D eigenvalue weighted by molar-refractivity contribution is -0.131. The first kappa shape index (κ1) is 15.4. The van der Waals surface area contributed by atoms with Crippen molar-refractivity contribution in [3.63, 3.8) is 0 Å². The van der Waals surface area contributed by atoms with Crippen LogP contribution < -0.4 is 5.73 Å². The smallest absolute Gasteiger partial charge is 0.236 e. The quantitative estimate of drug-likeness (QED) is 0.749. The van der Waals surface area contributed by atoms with Crippen molar-refractivity contribution in [3.8, 4) is 0 Å². The van der Waals surface area contributed by atoms with Gasteiger partial charge in [-0.3, -0.25) is 9.69 Å². The van der Waals surface area contributed by atoms with Gasteiger partial charge in [-0.2, -0.15) is 0 Å². The van der Waals surface area contributed by atoms with E-state index in [0.717, 1.165) is 19.5 Å². The third-order valence-electron chi connectivity index (χ3n) is 3.98. The number of hydrogen-bond donors (Lipinski definition) is 1. The van der Waals surface area contributed by atoms with E-state index in [1.807, 2.05) is 14.0 Å². The fourth-order valence-electron chi connectivity index (χ4n) is 2.60. The highest BCUT2D eigenvalue weighted by Gasteiger charge is 2.23. The Balaban J connectivity index is 2.50. The monoisotopic (exact) mass is 255 g/mol. The van der Waals surface area contributed by atoms with Crippen LogP contribution in [0.15, 0.2) is 0 Å². The zero-order chi connectivity index (χ0) is 13.4. The van der Waals surface area contributed by atoms with Gasteiger partial charge in [0.25, 0.3) is 0 Å². The molecule has 0 bridgehead atoms. The second-order valence-corrected chi connectivity index (χ2v) is 5.31. The summed E-state index contributed by atoms with van der Waals surface area (Å²) in [6.07, 6.45) is 7.44. The molecular weight excluding hydrogens is 226 g/mol. The highest BCUT2D eigenvalue weighted by atomic mass is 16.2. The van der Waals surface area contributed by atoms with Crippen LogP contribution in [0.1, 0.15) is 45.4 Å². The van der Waals surface area contributed by atoms with E-state index >= 15 is 0 Å². The Morgan fingerprint density at radius 3 is 2.50 bits per heavy atom. The molecule has 0 aromatic rings. The molecule has 1 amide bonds. The first-order chi connectivity index (χ1) is 8.69. The van der Waals surface area contributed by atoms with Crippen molar-refractivity contribution >= 4 is 5.91 Å². The van der Waals surface area contributed by atoms with Crippen LogP contribution in [0.5, 0.6) is 0 Å². The van der Waals surface area contributed by atoms with Gasteiger partial charge < -0.3 is 10.6 Å². The van der Waals surface area contributed by atoms with Crippen molar-refractivity contribution in [2.24, 2.45) is 5.73 Å².